The van der Waals surface area contributed by atoms with Crippen LogP contribution in [-0.2, 0) is 25.1 Å². The Morgan fingerprint density at radius 1 is 1.10 bits per heavy atom. The molecule has 5 nitrogen and oxygen atoms in total. The number of methoxy groups -OCH3 is 1. The molecule has 0 spiro atoms. The van der Waals surface area contributed by atoms with E-state index in [1.165, 1.54) is 29.5 Å². The predicted octanol–water partition coefficient (Wildman–Crippen LogP) is 8.47. The molecule has 1 aromatic rings. The maximum Gasteiger partial charge on any atom is 0.193 e. The Labute approximate surface area is 238 Å². The minimum Gasteiger partial charge on any atom is -0.496 e. The summed E-state index contributed by atoms with van der Waals surface area (Å²) in [7, 11) is -0.383. The fraction of sp³-hybridized carbons (Fsp3) is 0.727. The third-order valence-corrected chi connectivity index (χ3v) is 13.9. The summed E-state index contributed by atoms with van der Waals surface area (Å²) in [5.41, 5.74) is 4.64. The van der Waals surface area contributed by atoms with E-state index in [2.05, 4.69) is 52.9 Å². The molecule has 1 saturated heterocycles. The SMILES string of the molecule is CCCCC[C@@H](CCC1=C2C(O[Si](C)(C)C(C)(C)C)c3cccc(OC)c3C[C@@H]2CC1=O)OC1CCCCO1. The van der Waals surface area contributed by atoms with Gasteiger partial charge in [0.05, 0.1) is 19.3 Å². The van der Waals surface area contributed by atoms with Crippen LogP contribution in [0.15, 0.2) is 29.3 Å². The smallest absolute Gasteiger partial charge is 0.193 e. The topological polar surface area (TPSA) is 54.0 Å². The number of benzene rings is 1. The molecule has 1 aromatic carbocycles. The van der Waals surface area contributed by atoms with Crippen molar-refractivity contribution in [2.24, 2.45) is 5.92 Å². The van der Waals surface area contributed by atoms with Gasteiger partial charge >= 0.3 is 0 Å². The molecule has 3 aliphatic rings. The van der Waals surface area contributed by atoms with Crippen molar-refractivity contribution in [3.05, 3.63) is 40.5 Å². The summed E-state index contributed by atoms with van der Waals surface area (Å²) < 4.78 is 25.4. The normalized spacial score (nSPS) is 24.5. The molecular weight excluding hydrogens is 504 g/mol. The Balaban J connectivity index is 1.64. The number of fused-ring (bicyclic) bond motifs is 2. The number of ketones is 1. The van der Waals surface area contributed by atoms with Gasteiger partial charge in [0.25, 0.3) is 0 Å². The van der Waals surface area contributed by atoms with Crippen LogP contribution in [0.5, 0.6) is 5.75 Å². The van der Waals surface area contributed by atoms with E-state index >= 15 is 0 Å². The second kappa shape index (κ2) is 13.0. The van der Waals surface area contributed by atoms with E-state index in [9.17, 15) is 4.79 Å². The molecule has 0 bridgehead atoms. The van der Waals surface area contributed by atoms with Crippen LogP contribution in [0.25, 0.3) is 0 Å². The van der Waals surface area contributed by atoms with Gasteiger partial charge < -0.3 is 18.6 Å². The van der Waals surface area contributed by atoms with Crippen molar-refractivity contribution in [2.75, 3.05) is 13.7 Å². The number of rotatable bonds is 12. The summed E-state index contributed by atoms with van der Waals surface area (Å²) >= 11 is 0. The molecule has 0 N–H and O–H groups in total. The summed E-state index contributed by atoms with van der Waals surface area (Å²) in [6.07, 6.45) is 10.7. The predicted molar refractivity (Wildman–Crippen MR) is 160 cm³/mol. The van der Waals surface area contributed by atoms with Gasteiger partial charge in [-0.05, 0) is 91.8 Å². The lowest BCUT2D eigenvalue weighted by Gasteiger charge is -2.43. The third-order valence-electron chi connectivity index (χ3n) is 9.51. The molecule has 2 aliphatic carbocycles. The molecule has 2 unspecified atom stereocenters. The van der Waals surface area contributed by atoms with Gasteiger partial charge in [-0.25, -0.2) is 0 Å². The van der Waals surface area contributed by atoms with Crippen LogP contribution < -0.4 is 4.74 Å². The second-order valence-electron chi connectivity index (χ2n) is 13.3. The average molecular weight is 557 g/mol. The van der Waals surface area contributed by atoms with Crippen LogP contribution in [-0.4, -0.2) is 40.2 Å². The Hall–Kier alpha value is -1.47. The molecule has 4 atom stereocenters. The quantitative estimate of drug-likeness (QED) is 0.191. The molecule has 0 saturated carbocycles. The van der Waals surface area contributed by atoms with Crippen molar-refractivity contribution < 1.29 is 23.4 Å². The molecule has 4 rings (SSSR count). The summed E-state index contributed by atoms with van der Waals surface area (Å²) in [6, 6.07) is 6.30. The molecule has 0 radical (unpaired) electrons. The van der Waals surface area contributed by atoms with Crippen molar-refractivity contribution in [3.8, 4) is 5.75 Å². The van der Waals surface area contributed by atoms with Crippen molar-refractivity contribution in [1.82, 2.24) is 0 Å². The van der Waals surface area contributed by atoms with Gasteiger partial charge in [-0.15, -0.1) is 0 Å². The van der Waals surface area contributed by atoms with E-state index in [1.54, 1.807) is 7.11 Å². The number of carbonyl (C=O) groups excluding carboxylic acids is 1. The molecule has 6 heteroatoms. The van der Waals surface area contributed by atoms with Crippen molar-refractivity contribution in [2.45, 2.75) is 135 Å². The van der Waals surface area contributed by atoms with Gasteiger partial charge in [0.1, 0.15) is 5.75 Å². The van der Waals surface area contributed by atoms with Crippen molar-refractivity contribution in [1.29, 1.82) is 0 Å². The first kappa shape index (κ1) is 30.5. The van der Waals surface area contributed by atoms with Crippen LogP contribution in [0.1, 0.15) is 109 Å². The Morgan fingerprint density at radius 2 is 1.90 bits per heavy atom. The van der Waals surface area contributed by atoms with Gasteiger partial charge in [-0.1, -0.05) is 59.1 Å². The lowest BCUT2D eigenvalue weighted by atomic mass is 9.78. The van der Waals surface area contributed by atoms with Gasteiger partial charge in [0.2, 0.25) is 0 Å². The van der Waals surface area contributed by atoms with Crippen LogP contribution in [0.4, 0.5) is 0 Å². The average Bonchev–Trinajstić information content (AvgIpc) is 3.21. The Bertz CT molecular complexity index is 1020. The zero-order valence-electron chi connectivity index (χ0n) is 25.6. The van der Waals surface area contributed by atoms with E-state index < -0.39 is 8.32 Å². The molecule has 1 aliphatic heterocycles. The largest absolute Gasteiger partial charge is 0.496 e. The van der Waals surface area contributed by atoms with Gasteiger partial charge in [0.15, 0.2) is 20.4 Å². The molecular formula is C33H52O5Si. The number of carbonyl (C=O) groups is 1. The van der Waals surface area contributed by atoms with Gasteiger partial charge in [-0.2, -0.15) is 0 Å². The number of unbranched alkanes of at least 4 members (excludes halogenated alkanes) is 2. The zero-order chi connectivity index (χ0) is 28.2. The highest BCUT2D eigenvalue weighted by Gasteiger charge is 2.47. The number of hydrogen-bond donors (Lipinski definition) is 0. The molecule has 1 heterocycles. The first-order valence-electron chi connectivity index (χ1n) is 15.4. The van der Waals surface area contributed by atoms with Crippen molar-refractivity contribution in [3.63, 3.8) is 0 Å². The van der Waals surface area contributed by atoms with E-state index in [1.807, 2.05) is 6.07 Å². The van der Waals surface area contributed by atoms with E-state index in [0.29, 0.717) is 12.2 Å². The maximum absolute atomic E-state index is 13.6. The third kappa shape index (κ3) is 7.06. The van der Waals surface area contributed by atoms with E-state index in [0.717, 1.165) is 69.3 Å². The standard InChI is InChI=1S/C33H52O5Si/c1-8-9-10-14-24(37-30-17-11-12-20-36-30)18-19-26-28(34)22-23-21-27-25(15-13-16-29(27)35-5)32(31(23)26)38-39(6,7)33(2,3)4/h13,15-16,23-24,30,32H,8-12,14,17-22H2,1-7H3/t23-,24+,30?,32?/m1/s1. The van der Waals surface area contributed by atoms with Crippen LogP contribution in [0.2, 0.25) is 18.1 Å². The van der Waals surface area contributed by atoms with Gasteiger partial charge in [0, 0.05) is 18.6 Å². The maximum atomic E-state index is 13.6. The first-order valence-corrected chi connectivity index (χ1v) is 18.3. The summed E-state index contributed by atoms with van der Waals surface area (Å²) in [5, 5.41) is 0.0700. The van der Waals surface area contributed by atoms with E-state index in [4.69, 9.17) is 18.6 Å². The Morgan fingerprint density at radius 3 is 2.56 bits per heavy atom. The lowest BCUT2D eigenvalue weighted by Crippen LogP contribution is -2.43. The molecule has 0 amide bonds. The number of Topliss-reactive ketones (excluding diaryl/α,β-unsaturated/α-hetero) is 1. The fourth-order valence-electron chi connectivity index (χ4n) is 6.19. The first-order chi connectivity index (χ1) is 18.6. The van der Waals surface area contributed by atoms with E-state index in [-0.39, 0.29) is 29.5 Å². The number of allylic oxidation sites excluding steroid dienone is 1. The number of hydrogen-bond acceptors (Lipinski definition) is 5. The number of ether oxygens (including phenoxy) is 3. The summed E-state index contributed by atoms with van der Waals surface area (Å²) in [4.78, 5) is 13.6. The minimum atomic E-state index is -2.12. The highest BCUT2D eigenvalue weighted by atomic mass is 28.4. The molecule has 1 fully saturated rings. The minimum absolute atomic E-state index is 0.0700. The molecule has 218 valence electrons. The highest BCUT2D eigenvalue weighted by Crippen LogP contribution is 2.52. The Kier molecular flexibility index (Phi) is 10.2. The second-order valence-corrected chi connectivity index (χ2v) is 18.1. The van der Waals surface area contributed by atoms with Crippen LogP contribution >= 0.6 is 0 Å². The van der Waals surface area contributed by atoms with Crippen molar-refractivity contribution >= 4 is 14.1 Å². The highest BCUT2D eigenvalue weighted by molar-refractivity contribution is 6.74. The summed E-state index contributed by atoms with van der Waals surface area (Å²) in [6.45, 7) is 14.5. The molecule has 0 aromatic heterocycles. The lowest BCUT2D eigenvalue weighted by molar-refractivity contribution is -0.190. The van der Waals surface area contributed by atoms with Gasteiger partial charge in [-0.3, -0.25) is 4.79 Å². The van der Waals surface area contributed by atoms with Crippen LogP contribution in [0, 0.1) is 5.92 Å². The van der Waals surface area contributed by atoms with Crippen LogP contribution in [0.3, 0.4) is 0 Å². The molecule has 39 heavy (non-hydrogen) atoms. The summed E-state index contributed by atoms with van der Waals surface area (Å²) in [5.74, 6) is 1.40. The monoisotopic (exact) mass is 556 g/mol. The fourth-order valence-corrected chi connectivity index (χ4v) is 7.39. The zero-order valence-corrected chi connectivity index (χ0v) is 26.6.